The molecule has 0 amide bonds. The molecule has 2 N–H and O–H groups in total. The number of nitrogens with two attached hydrogens (primary N) is 1. The average molecular weight is 237 g/mol. The van der Waals surface area contributed by atoms with Gasteiger partial charge in [0.25, 0.3) is 0 Å². The van der Waals surface area contributed by atoms with Crippen LogP contribution < -0.4 is 10.5 Å². The van der Waals surface area contributed by atoms with E-state index in [-0.39, 0.29) is 0 Å². The molecule has 3 aromatic rings. The molecule has 2 heterocycles. The fourth-order valence-corrected chi connectivity index (χ4v) is 1.76. The van der Waals surface area contributed by atoms with Gasteiger partial charge in [0.15, 0.2) is 0 Å². The van der Waals surface area contributed by atoms with E-state index in [0.717, 1.165) is 16.7 Å². The van der Waals surface area contributed by atoms with E-state index in [1.54, 1.807) is 18.6 Å². The lowest BCUT2D eigenvalue weighted by Crippen LogP contribution is -1.90. The van der Waals surface area contributed by atoms with Crippen LogP contribution in [0.15, 0.2) is 55.0 Å². The minimum atomic E-state index is 0.688. The number of pyridine rings is 2. The number of nitrogen functional groups attached to an aromatic ring is 1. The van der Waals surface area contributed by atoms with E-state index in [1.807, 2.05) is 36.4 Å². The van der Waals surface area contributed by atoms with Crippen molar-refractivity contribution >= 4 is 16.6 Å². The summed E-state index contributed by atoms with van der Waals surface area (Å²) in [5.74, 6) is 1.44. The number of nitrogens with zero attached hydrogens (tertiary/aromatic N) is 2. The van der Waals surface area contributed by atoms with Crippen LogP contribution in [0.3, 0.4) is 0 Å². The highest BCUT2D eigenvalue weighted by molar-refractivity contribution is 5.87. The highest BCUT2D eigenvalue weighted by atomic mass is 16.5. The predicted molar refractivity (Wildman–Crippen MR) is 70.5 cm³/mol. The van der Waals surface area contributed by atoms with Gasteiger partial charge in [-0.2, -0.15) is 0 Å². The first kappa shape index (κ1) is 10.5. The molecule has 1 aromatic carbocycles. The molecule has 0 radical (unpaired) electrons. The van der Waals surface area contributed by atoms with Crippen LogP contribution in [0.25, 0.3) is 10.9 Å². The number of benzene rings is 1. The molecule has 4 heteroatoms. The Morgan fingerprint density at radius 1 is 1.06 bits per heavy atom. The Kier molecular flexibility index (Phi) is 2.53. The Balaban J connectivity index is 2.07. The molecule has 0 spiro atoms. The Hall–Kier alpha value is -2.62. The van der Waals surface area contributed by atoms with Gasteiger partial charge in [-0.1, -0.05) is 0 Å². The van der Waals surface area contributed by atoms with Crippen LogP contribution >= 0.6 is 0 Å². The van der Waals surface area contributed by atoms with E-state index in [9.17, 15) is 0 Å². The van der Waals surface area contributed by atoms with Gasteiger partial charge in [-0.3, -0.25) is 9.97 Å². The fourth-order valence-electron chi connectivity index (χ4n) is 1.76. The van der Waals surface area contributed by atoms with Crippen LogP contribution in [-0.4, -0.2) is 9.97 Å². The van der Waals surface area contributed by atoms with E-state index >= 15 is 0 Å². The first-order valence-corrected chi connectivity index (χ1v) is 5.55. The number of aromatic nitrogens is 2. The Morgan fingerprint density at radius 3 is 2.83 bits per heavy atom. The largest absolute Gasteiger partial charge is 0.455 e. The predicted octanol–water partition coefficient (Wildman–Crippen LogP) is 3.00. The molecule has 2 aromatic heterocycles. The van der Waals surface area contributed by atoms with Crippen molar-refractivity contribution < 1.29 is 4.74 Å². The van der Waals surface area contributed by atoms with Crippen molar-refractivity contribution in [2.75, 3.05) is 5.73 Å². The molecule has 0 atom stereocenters. The van der Waals surface area contributed by atoms with Crippen LogP contribution in [0.1, 0.15) is 0 Å². The topological polar surface area (TPSA) is 61.0 Å². The van der Waals surface area contributed by atoms with Gasteiger partial charge in [0.2, 0.25) is 0 Å². The van der Waals surface area contributed by atoms with Gasteiger partial charge >= 0.3 is 0 Å². The Bertz CT molecular complexity index is 683. The molecule has 4 nitrogen and oxygen atoms in total. The van der Waals surface area contributed by atoms with Gasteiger partial charge in [-0.25, -0.2) is 0 Å². The standard InChI is InChI=1S/C14H11N3O/c15-10-3-4-12-13(8-10)17-7-5-14(12)18-11-2-1-6-16-9-11/h1-9H,15H2. The van der Waals surface area contributed by atoms with E-state index < -0.39 is 0 Å². The Labute approximate surface area is 104 Å². The fraction of sp³-hybridized carbons (Fsp3) is 0. The van der Waals surface area contributed by atoms with E-state index in [1.165, 1.54) is 0 Å². The van der Waals surface area contributed by atoms with Crippen LogP contribution in [0.2, 0.25) is 0 Å². The van der Waals surface area contributed by atoms with Crippen molar-refractivity contribution in [2.45, 2.75) is 0 Å². The minimum Gasteiger partial charge on any atom is -0.455 e. The third-order valence-electron chi connectivity index (χ3n) is 2.59. The van der Waals surface area contributed by atoms with Gasteiger partial charge in [-0.05, 0) is 36.4 Å². The van der Waals surface area contributed by atoms with Crippen LogP contribution in [0, 0.1) is 0 Å². The Morgan fingerprint density at radius 2 is 2.00 bits per heavy atom. The highest BCUT2D eigenvalue weighted by Gasteiger charge is 2.04. The third kappa shape index (κ3) is 1.96. The number of fused-ring (bicyclic) bond motifs is 1. The lowest BCUT2D eigenvalue weighted by molar-refractivity contribution is 0.485. The molecule has 0 aliphatic heterocycles. The summed E-state index contributed by atoms with van der Waals surface area (Å²) < 4.78 is 5.79. The quantitative estimate of drug-likeness (QED) is 0.696. The van der Waals surface area contributed by atoms with E-state index in [2.05, 4.69) is 9.97 Å². The molecule has 0 saturated carbocycles. The first-order valence-electron chi connectivity index (χ1n) is 5.55. The molecule has 3 rings (SSSR count). The summed E-state index contributed by atoms with van der Waals surface area (Å²) in [5.41, 5.74) is 7.24. The smallest absolute Gasteiger partial charge is 0.145 e. The lowest BCUT2D eigenvalue weighted by atomic mass is 10.2. The van der Waals surface area contributed by atoms with E-state index in [4.69, 9.17) is 10.5 Å². The minimum absolute atomic E-state index is 0.688. The zero-order valence-corrected chi connectivity index (χ0v) is 9.58. The number of hydrogen-bond acceptors (Lipinski definition) is 4. The highest BCUT2D eigenvalue weighted by Crippen LogP contribution is 2.29. The molecule has 88 valence electrons. The molecule has 0 saturated heterocycles. The van der Waals surface area contributed by atoms with Crippen LogP contribution in [-0.2, 0) is 0 Å². The lowest BCUT2D eigenvalue weighted by Gasteiger charge is -2.08. The van der Waals surface area contributed by atoms with Crippen molar-refractivity contribution in [1.82, 2.24) is 9.97 Å². The maximum absolute atomic E-state index is 5.79. The van der Waals surface area contributed by atoms with Crippen molar-refractivity contribution in [2.24, 2.45) is 0 Å². The summed E-state index contributed by atoms with van der Waals surface area (Å²) in [6.07, 6.45) is 5.08. The second-order valence-corrected chi connectivity index (χ2v) is 3.88. The molecular weight excluding hydrogens is 226 g/mol. The molecule has 0 unspecified atom stereocenters. The van der Waals surface area contributed by atoms with Gasteiger partial charge in [-0.15, -0.1) is 0 Å². The summed E-state index contributed by atoms with van der Waals surface area (Å²) >= 11 is 0. The molecule has 0 aliphatic carbocycles. The molecule has 0 aliphatic rings. The van der Waals surface area contributed by atoms with Crippen molar-refractivity contribution in [3.05, 3.63) is 55.0 Å². The molecule has 18 heavy (non-hydrogen) atoms. The van der Waals surface area contributed by atoms with Crippen molar-refractivity contribution in [1.29, 1.82) is 0 Å². The monoisotopic (exact) mass is 237 g/mol. The summed E-state index contributed by atoms with van der Waals surface area (Å²) in [7, 11) is 0. The van der Waals surface area contributed by atoms with Gasteiger partial charge in [0.05, 0.1) is 11.7 Å². The average Bonchev–Trinajstić information content (AvgIpc) is 2.40. The summed E-state index contributed by atoms with van der Waals surface area (Å²) in [4.78, 5) is 8.28. The zero-order valence-electron chi connectivity index (χ0n) is 9.58. The SMILES string of the molecule is Nc1ccc2c(Oc3cccnc3)ccnc2c1. The second-order valence-electron chi connectivity index (χ2n) is 3.88. The van der Waals surface area contributed by atoms with Crippen molar-refractivity contribution in [3.63, 3.8) is 0 Å². The van der Waals surface area contributed by atoms with Crippen LogP contribution in [0.5, 0.6) is 11.5 Å². The van der Waals surface area contributed by atoms with Gasteiger partial charge < -0.3 is 10.5 Å². The maximum atomic E-state index is 5.79. The van der Waals surface area contributed by atoms with E-state index in [0.29, 0.717) is 11.4 Å². The number of ether oxygens (including phenoxy) is 1. The van der Waals surface area contributed by atoms with Gasteiger partial charge in [0.1, 0.15) is 11.5 Å². The first-order chi connectivity index (χ1) is 8.83. The number of hydrogen-bond donors (Lipinski definition) is 1. The molecule has 0 bridgehead atoms. The summed E-state index contributed by atoms with van der Waals surface area (Å²) in [6, 6.07) is 11.1. The molecule has 0 fully saturated rings. The molecular formula is C14H11N3O. The van der Waals surface area contributed by atoms with Crippen molar-refractivity contribution in [3.8, 4) is 11.5 Å². The third-order valence-corrected chi connectivity index (χ3v) is 2.59. The maximum Gasteiger partial charge on any atom is 0.145 e. The van der Waals surface area contributed by atoms with Gasteiger partial charge in [0, 0.05) is 23.5 Å². The summed E-state index contributed by atoms with van der Waals surface area (Å²) in [6.45, 7) is 0. The second kappa shape index (κ2) is 4.33. The number of rotatable bonds is 2. The van der Waals surface area contributed by atoms with Crippen LogP contribution in [0.4, 0.5) is 5.69 Å². The normalized spacial score (nSPS) is 10.4. The summed E-state index contributed by atoms with van der Waals surface area (Å²) in [5, 5.41) is 0.926. The zero-order chi connectivity index (χ0) is 12.4. The number of anilines is 1.